The highest BCUT2D eigenvalue weighted by molar-refractivity contribution is 7.90. The highest BCUT2D eigenvalue weighted by atomic mass is 32.2. The van der Waals surface area contributed by atoms with E-state index in [1.165, 1.54) is 6.07 Å². The van der Waals surface area contributed by atoms with Crippen molar-refractivity contribution >= 4 is 21.3 Å². The van der Waals surface area contributed by atoms with Crippen LogP contribution < -0.4 is 5.32 Å². The smallest absolute Gasteiger partial charge is 0.194 e. The van der Waals surface area contributed by atoms with Crippen LogP contribution in [-0.2, 0) is 15.6 Å². The van der Waals surface area contributed by atoms with Crippen LogP contribution in [0.25, 0.3) is 0 Å². The van der Waals surface area contributed by atoms with E-state index >= 15 is 0 Å². The number of aryl methyl sites for hydroxylation is 1. The number of benzene rings is 2. The second-order valence-electron chi connectivity index (χ2n) is 5.44. The molecule has 1 N–H and O–H groups in total. The van der Waals surface area contributed by atoms with Gasteiger partial charge in [-0.05, 0) is 49.2 Å². The number of hydrogen-bond acceptors (Lipinski definition) is 4. The number of rotatable bonds is 2. The van der Waals surface area contributed by atoms with Gasteiger partial charge in [0.05, 0.1) is 10.6 Å². The molecule has 0 bridgehead atoms. The number of sulfone groups is 1. The number of fused-ring (bicyclic) bond motifs is 2. The maximum absolute atomic E-state index is 12.8. The number of nitrogens with one attached hydrogen (secondary N) is 1. The number of carbonyl (C=O) groups is 1. The molecular formula is C17H17NO3S. The average Bonchev–Trinajstić information content (AvgIpc) is 2.54. The summed E-state index contributed by atoms with van der Waals surface area (Å²) in [5.74, 6) is -0.365. The molecular weight excluding hydrogens is 298 g/mol. The molecule has 0 radical (unpaired) electrons. The van der Waals surface area contributed by atoms with Gasteiger partial charge >= 0.3 is 0 Å². The zero-order chi connectivity index (χ0) is 15.9. The molecule has 2 aromatic carbocycles. The Morgan fingerprint density at radius 3 is 2.68 bits per heavy atom. The van der Waals surface area contributed by atoms with Gasteiger partial charge in [0.1, 0.15) is 0 Å². The van der Waals surface area contributed by atoms with Crippen LogP contribution in [0, 0.1) is 6.92 Å². The maximum Gasteiger partial charge on any atom is 0.194 e. The van der Waals surface area contributed by atoms with Gasteiger partial charge in [-0.3, -0.25) is 4.79 Å². The van der Waals surface area contributed by atoms with Gasteiger partial charge in [-0.25, -0.2) is 8.42 Å². The van der Waals surface area contributed by atoms with Crippen molar-refractivity contribution in [1.29, 1.82) is 0 Å². The summed E-state index contributed by atoms with van der Waals surface area (Å²) in [5, 5.41) is 3.15. The summed E-state index contributed by atoms with van der Waals surface area (Å²) >= 11 is 0. The summed E-state index contributed by atoms with van der Waals surface area (Å²) < 4.78 is 25.3. The van der Waals surface area contributed by atoms with E-state index in [1.807, 2.05) is 13.0 Å². The number of ketones is 1. The Bertz CT molecular complexity index is 869. The van der Waals surface area contributed by atoms with Crippen molar-refractivity contribution in [3.8, 4) is 0 Å². The van der Waals surface area contributed by atoms with Crippen LogP contribution >= 0.6 is 0 Å². The molecule has 0 amide bonds. The summed E-state index contributed by atoms with van der Waals surface area (Å²) in [7, 11) is -3.53. The van der Waals surface area contributed by atoms with E-state index in [2.05, 4.69) is 5.32 Å². The normalized spacial score (nSPS) is 15.6. The molecule has 2 aromatic rings. The second kappa shape index (κ2) is 5.25. The summed E-state index contributed by atoms with van der Waals surface area (Å²) in [6.07, 6.45) is 0. The molecule has 1 aliphatic heterocycles. The SMILES string of the molecule is CCNc1ccc2c(c1)CS(=O)(=O)c1cccc(C)c1C2=O. The van der Waals surface area contributed by atoms with Crippen molar-refractivity contribution in [1.82, 2.24) is 0 Å². The summed E-state index contributed by atoms with van der Waals surface area (Å²) in [4.78, 5) is 13.0. The molecule has 0 unspecified atom stereocenters. The molecule has 4 nitrogen and oxygen atoms in total. The Labute approximate surface area is 130 Å². The van der Waals surface area contributed by atoms with E-state index in [-0.39, 0.29) is 16.4 Å². The molecule has 22 heavy (non-hydrogen) atoms. The fourth-order valence-corrected chi connectivity index (χ4v) is 4.51. The van der Waals surface area contributed by atoms with Crippen molar-refractivity contribution in [2.24, 2.45) is 0 Å². The third-order valence-corrected chi connectivity index (χ3v) is 5.57. The van der Waals surface area contributed by atoms with Gasteiger partial charge in [0.15, 0.2) is 15.6 Å². The fourth-order valence-electron chi connectivity index (χ4n) is 2.86. The quantitative estimate of drug-likeness (QED) is 0.925. The van der Waals surface area contributed by atoms with Crippen LogP contribution in [0.1, 0.15) is 34.0 Å². The first kappa shape index (κ1) is 14.8. The first-order valence-corrected chi connectivity index (χ1v) is 8.83. The zero-order valence-electron chi connectivity index (χ0n) is 12.5. The third-order valence-electron chi connectivity index (χ3n) is 3.87. The number of anilines is 1. The molecule has 1 aliphatic rings. The molecule has 0 spiro atoms. The Morgan fingerprint density at radius 1 is 1.18 bits per heavy atom. The largest absolute Gasteiger partial charge is 0.385 e. The first-order chi connectivity index (χ1) is 10.4. The molecule has 114 valence electrons. The Kier molecular flexibility index (Phi) is 3.53. The van der Waals surface area contributed by atoms with E-state index in [4.69, 9.17) is 0 Å². The summed E-state index contributed by atoms with van der Waals surface area (Å²) in [6.45, 7) is 4.47. The van der Waals surface area contributed by atoms with E-state index in [9.17, 15) is 13.2 Å². The molecule has 0 fully saturated rings. The predicted octanol–water partition coefficient (Wildman–Crippen LogP) is 2.95. The van der Waals surface area contributed by atoms with Gasteiger partial charge in [-0.15, -0.1) is 0 Å². The minimum atomic E-state index is -3.53. The number of carbonyl (C=O) groups excluding carboxylic acids is 1. The lowest BCUT2D eigenvalue weighted by atomic mass is 9.96. The Balaban J connectivity index is 2.28. The van der Waals surface area contributed by atoms with Crippen LogP contribution in [-0.4, -0.2) is 20.7 Å². The van der Waals surface area contributed by atoms with Crippen molar-refractivity contribution < 1.29 is 13.2 Å². The lowest BCUT2D eigenvalue weighted by molar-refractivity contribution is 0.103. The van der Waals surface area contributed by atoms with Crippen LogP contribution in [0.3, 0.4) is 0 Å². The van der Waals surface area contributed by atoms with Gasteiger partial charge in [-0.1, -0.05) is 12.1 Å². The lowest BCUT2D eigenvalue weighted by Gasteiger charge is -2.09. The Hall–Kier alpha value is -2.14. The van der Waals surface area contributed by atoms with Gasteiger partial charge in [-0.2, -0.15) is 0 Å². The molecule has 0 saturated heterocycles. The zero-order valence-corrected chi connectivity index (χ0v) is 13.3. The van der Waals surface area contributed by atoms with Crippen molar-refractivity contribution in [2.45, 2.75) is 24.5 Å². The van der Waals surface area contributed by atoms with Gasteiger partial charge < -0.3 is 5.32 Å². The minimum absolute atomic E-state index is 0.138. The minimum Gasteiger partial charge on any atom is -0.385 e. The van der Waals surface area contributed by atoms with Crippen molar-refractivity contribution in [2.75, 3.05) is 11.9 Å². The molecule has 3 rings (SSSR count). The summed E-state index contributed by atoms with van der Waals surface area (Å²) in [5.41, 5.74) is 2.84. The van der Waals surface area contributed by atoms with Crippen LogP contribution in [0.15, 0.2) is 41.3 Å². The topological polar surface area (TPSA) is 63.2 Å². The highest BCUT2D eigenvalue weighted by Crippen LogP contribution is 2.32. The Morgan fingerprint density at radius 2 is 1.95 bits per heavy atom. The molecule has 0 aliphatic carbocycles. The van der Waals surface area contributed by atoms with Gasteiger partial charge in [0.2, 0.25) is 0 Å². The molecule has 1 heterocycles. The fraction of sp³-hybridized carbons (Fsp3) is 0.235. The molecule has 0 saturated carbocycles. The predicted molar refractivity (Wildman–Crippen MR) is 86.1 cm³/mol. The molecule has 0 atom stereocenters. The van der Waals surface area contributed by atoms with E-state index in [0.717, 1.165) is 12.2 Å². The highest BCUT2D eigenvalue weighted by Gasteiger charge is 2.31. The average molecular weight is 315 g/mol. The molecule has 5 heteroatoms. The van der Waals surface area contributed by atoms with E-state index < -0.39 is 9.84 Å². The third kappa shape index (κ3) is 2.31. The molecule has 0 aromatic heterocycles. The lowest BCUT2D eigenvalue weighted by Crippen LogP contribution is -2.08. The second-order valence-corrected chi connectivity index (χ2v) is 7.40. The maximum atomic E-state index is 12.8. The van der Waals surface area contributed by atoms with Crippen LogP contribution in [0.4, 0.5) is 5.69 Å². The first-order valence-electron chi connectivity index (χ1n) is 7.18. The standard InChI is InChI=1S/C17H17NO3S/c1-3-18-13-7-8-14-12(9-13)10-22(20,21)15-6-4-5-11(2)16(15)17(14)19/h4-9,18H,3,10H2,1-2H3. The van der Waals surface area contributed by atoms with Gasteiger partial charge in [0, 0.05) is 23.4 Å². The monoisotopic (exact) mass is 315 g/mol. The summed E-state index contributed by atoms with van der Waals surface area (Å²) in [6, 6.07) is 10.3. The van der Waals surface area contributed by atoms with E-state index in [0.29, 0.717) is 22.3 Å². The van der Waals surface area contributed by atoms with Crippen molar-refractivity contribution in [3.05, 3.63) is 58.7 Å². The van der Waals surface area contributed by atoms with E-state index in [1.54, 1.807) is 31.2 Å². The number of hydrogen-bond donors (Lipinski definition) is 1. The van der Waals surface area contributed by atoms with Gasteiger partial charge in [0.25, 0.3) is 0 Å². The van der Waals surface area contributed by atoms with Crippen molar-refractivity contribution in [3.63, 3.8) is 0 Å². The van der Waals surface area contributed by atoms with Crippen LogP contribution in [0.5, 0.6) is 0 Å². The van der Waals surface area contributed by atoms with Crippen LogP contribution in [0.2, 0.25) is 0 Å².